The summed E-state index contributed by atoms with van der Waals surface area (Å²) in [5, 5.41) is 5.06. The van der Waals surface area contributed by atoms with Crippen LogP contribution in [-0.2, 0) is 0 Å². The monoisotopic (exact) mass is 357 g/mol. The zero-order valence-corrected chi connectivity index (χ0v) is 15.1. The highest BCUT2D eigenvalue weighted by atomic mass is 32.1. The molecule has 0 bridgehead atoms. The lowest BCUT2D eigenvalue weighted by atomic mass is 10.1. The Labute approximate surface area is 152 Å². The van der Waals surface area contributed by atoms with Crippen LogP contribution in [0.25, 0.3) is 0 Å². The van der Waals surface area contributed by atoms with Crippen molar-refractivity contribution in [3.05, 3.63) is 66.2 Å². The van der Waals surface area contributed by atoms with Crippen LogP contribution >= 0.6 is 24.4 Å². The van der Waals surface area contributed by atoms with Crippen LogP contribution in [0.5, 0.6) is 0 Å². The third-order valence-corrected chi connectivity index (χ3v) is 3.82. The molecule has 0 spiro atoms. The topological polar surface area (TPSA) is 51.7 Å². The van der Waals surface area contributed by atoms with Crippen LogP contribution in [0.2, 0.25) is 0 Å². The van der Waals surface area contributed by atoms with Crippen LogP contribution in [0, 0.1) is 0 Å². The molecule has 0 radical (unpaired) electrons. The van der Waals surface area contributed by atoms with Gasteiger partial charge >= 0.3 is 0 Å². The molecule has 0 aromatic heterocycles. The van der Waals surface area contributed by atoms with E-state index >= 15 is 0 Å². The predicted octanol–water partition coefficient (Wildman–Crippen LogP) is 2.80. The Morgan fingerprint density at radius 3 is 2.12 bits per heavy atom. The van der Waals surface area contributed by atoms with Crippen molar-refractivity contribution < 1.29 is 0 Å². The van der Waals surface area contributed by atoms with Crippen molar-refractivity contribution in [3.63, 3.8) is 0 Å². The maximum Gasteiger partial charge on any atom is 0.205 e. The van der Waals surface area contributed by atoms with Crippen LogP contribution in [-0.4, -0.2) is 23.0 Å². The SMILES string of the molecule is CC(=NNC(=S)NNC(=S)N(C)c1ccccc1)c1ccccc1. The van der Waals surface area contributed by atoms with Gasteiger partial charge in [0.1, 0.15) is 0 Å². The molecule has 2 aromatic rings. The number of hydrazone groups is 1. The quantitative estimate of drug-likeness (QED) is 0.446. The number of para-hydroxylation sites is 1. The second-order valence-electron chi connectivity index (χ2n) is 4.95. The third kappa shape index (κ3) is 5.29. The minimum absolute atomic E-state index is 0.328. The first-order chi connectivity index (χ1) is 11.6. The molecule has 0 fully saturated rings. The maximum absolute atomic E-state index is 5.32. The van der Waals surface area contributed by atoms with Crippen LogP contribution in [0.4, 0.5) is 5.69 Å². The summed E-state index contributed by atoms with van der Waals surface area (Å²) in [5.74, 6) is 0. The fourth-order valence-corrected chi connectivity index (χ4v) is 2.12. The molecule has 2 rings (SSSR count). The molecule has 24 heavy (non-hydrogen) atoms. The summed E-state index contributed by atoms with van der Waals surface area (Å²) >= 11 is 10.5. The lowest BCUT2D eigenvalue weighted by Crippen LogP contribution is -2.50. The fraction of sp³-hybridized carbons (Fsp3) is 0.118. The van der Waals surface area contributed by atoms with Crippen LogP contribution < -0.4 is 21.2 Å². The highest BCUT2D eigenvalue weighted by Gasteiger charge is 2.06. The van der Waals surface area contributed by atoms with E-state index in [1.165, 1.54) is 0 Å². The minimum Gasteiger partial charge on any atom is -0.321 e. The summed E-state index contributed by atoms with van der Waals surface area (Å²) in [5.41, 5.74) is 11.3. The number of nitrogens with zero attached hydrogens (tertiary/aromatic N) is 2. The summed E-state index contributed by atoms with van der Waals surface area (Å²) in [6.45, 7) is 1.91. The number of rotatable bonds is 3. The lowest BCUT2D eigenvalue weighted by Gasteiger charge is -2.21. The molecule has 2 aromatic carbocycles. The molecule has 0 aliphatic rings. The smallest absolute Gasteiger partial charge is 0.205 e. The Morgan fingerprint density at radius 1 is 0.917 bits per heavy atom. The summed E-state index contributed by atoms with van der Waals surface area (Å²) < 4.78 is 0. The standard InChI is InChI=1S/C17H19N5S2/c1-13(14-9-5-3-6-10-14)18-19-16(23)20-21-17(24)22(2)15-11-7-4-8-12-15/h3-12H,1-2H3,(H,21,24)(H2,19,20,23). The lowest BCUT2D eigenvalue weighted by molar-refractivity contribution is 0.824. The van der Waals surface area contributed by atoms with Crippen molar-refractivity contribution in [1.82, 2.24) is 16.3 Å². The molecule has 0 heterocycles. The van der Waals surface area contributed by atoms with E-state index in [0.29, 0.717) is 10.2 Å². The van der Waals surface area contributed by atoms with Gasteiger partial charge in [0, 0.05) is 12.7 Å². The third-order valence-electron chi connectivity index (χ3n) is 3.25. The molecular formula is C17H19N5S2. The number of hydrogen-bond donors (Lipinski definition) is 3. The van der Waals surface area contributed by atoms with E-state index in [1.807, 2.05) is 79.5 Å². The molecule has 0 atom stereocenters. The first-order valence-electron chi connectivity index (χ1n) is 7.32. The highest BCUT2D eigenvalue weighted by Crippen LogP contribution is 2.10. The number of nitrogens with one attached hydrogen (secondary N) is 3. The van der Waals surface area contributed by atoms with Crippen molar-refractivity contribution in [3.8, 4) is 0 Å². The van der Waals surface area contributed by atoms with Crippen molar-refractivity contribution in [2.45, 2.75) is 6.92 Å². The van der Waals surface area contributed by atoms with Gasteiger partial charge in [0.15, 0.2) is 5.11 Å². The molecule has 0 unspecified atom stereocenters. The van der Waals surface area contributed by atoms with Gasteiger partial charge in [-0.05, 0) is 49.1 Å². The van der Waals surface area contributed by atoms with E-state index in [-0.39, 0.29) is 0 Å². The number of benzene rings is 2. The van der Waals surface area contributed by atoms with E-state index in [2.05, 4.69) is 21.4 Å². The summed E-state index contributed by atoms with van der Waals surface area (Å²) in [6.07, 6.45) is 0. The average molecular weight is 358 g/mol. The van der Waals surface area contributed by atoms with E-state index in [1.54, 1.807) is 0 Å². The van der Waals surface area contributed by atoms with Gasteiger partial charge in [0.2, 0.25) is 5.11 Å². The van der Waals surface area contributed by atoms with Gasteiger partial charge in [-0.3, -0.25) is 16.3 Å². The Hall–Kier alpha value is -2.51. The number of anilines is 1. The van der Waals surface area contributed by atoms with Gasteiger partial charge in [0.25, 0.3) is 0 Å². The van der Waals surface area contributed by atoms with Gasteiger partial charge in [-0.1, -0.05) is 48.5 Å². The van der Waals surface area contributed by atoms with Gasteiger partial charge in [-0.15, -0.1) is 0 Å². The largest absolute Gasteiger partial charge is 0.321 e. The number of thiocarbonyl (C=S) groups is 2. The van der Waals surface area contributed by atoms with Crippen molar-refractivity contribution in [1.29, 1.82) is 0 Å². The van der Waals surface area contributed by atoms with E-state index < -0.39 is 0 Å². The molecule has 0 aliphatic carbocycles. The van der Waals surface area contributed by atoms with Crippen molar-refractivity contribution in [2.75, 3.05) is 11.9 Å². The summed E-state index contributed by atoms with van der Waals surface area (Å²) in [6, 6.07) is 19.7. The zero-order valence-electron chi connectivity index (χ0n) is 13.5. The van der Waals surface area contributed by atoms with Gasteiger partial charge in [-0.25, -0.2) is 0 Å². The van der Waals surface area contributed by atoms with E-state index in [4.69, 9.17) is 24.4 Å². The molecule has 0 saturated carbocycles. The Morgan fingerprint density at radius 2 is 1.50 bits per heavy atom. The van der Waals surface area contributed by atoms with Gasteiger partial charge in [-0.2, -0.15) is 5.10 Å². The van der Waals surface area contributed by atoms with Gasteiger partial charge < -0.3 is 4.90 Å². The second kappa shape index (κ2) is 8.95. The Bertz CT molecular complexity index is 716. The maximum atomic E-state index is 5.32. The van der Waals surface area contributed by atoms with Crippen molar-refractivity contribution >= 4 is 46.1 Å². The van der Waals surface area contributed by atoms with Crippen LogP contribution in [0.1, 0.15) is 12.5 Å². The molecular weight excluding hydrogens is 338 g/mol. The first kappa shape index (κ1) is 17.8. The number of hydrazine groups is 1. The zero-order chi connectivity index (χ0) is 17.4. The van der Waals surface area contributed by atoms with Gasteiger partial charge in [0.05, 0.1) is 5.71 Å². The molecule has 7 heteroatoms. The fourth-order valence-electron chi connectivity index (χ4n) is 1.87. The first-order valence-corrected chi connectivity index (χ1v) is 8.14. The molecule has 0 saturated heterocycles. The van der Waals surface area contributed by atoms with Crippen LogP contribution in [0.15, 0.2) is 65.8 Å². The predicted molar refractivity (Wildman–Crippen MR) is 108 cm³/mol. The molecule has 0 amide bonds. The average Bonchev–Trinajstić information content (AvgIpc) is 2.64. The molecule has 0 aliphatic heterocycles. The molecule has 124 valence electrons. The number of hydrogen-bond acceptors (Lipinski definition) is 3. The van der Waals surface area contributed by atoms with Crippen LogP contribution in [0.3, 0.4) is 0 Å². The highest BCUT2D eigenvalue weighted by molar-refractivity contribution is 7.80. The molecule has 3 N–H and O–H groups in total. The summed E-state index contributed by atoms with van der Waals surface area (Å²) in [4.78, 5) is 1.84. The molecule has 5 nitrogen and oxygen atoms in total. The minimum atomic E-state index is 0.328. The van der Waals surface area contributed by atoms with E-state index in [0.717, 1.165) is 17.0 Å². The van der Waals surface area contributed by atoms with E-state index in [9.17, 15) is 0 Å². The Kier molecular flexibility index (Phi) is 6.65. The van der Waals surface area contributed by atoms with Crippen molar-refractivity contribution in [2.24, 2.45) is 5.10 Å². The normalized spacial score (nSPS) is 10.7. The summed E-state index contributed by atoms with van der Waals surface area (Å²) in [7, 11) is 1.88. The Balaban J connectivity index is 1.82. The second-order valence-corrected chi connectivity index (χ2v) is 5.75.